The Morgan fingerprint density at radius 1 is 1.44 bits per heavy atom. The van der Waals surface area contributed by atoms with E-state index in [9.17, 15) is 9.59 Å². The van der Waals surface area contributed by atoms with Crippen molar-refractivity contribution in [2.75, 3.05) is 11.1 Å². The summed E-state index contributed by atoms with van der Waals surface area (Å²) in [7, 11) is 0. The van der Waals surface area contributed by atoms with Crippen molar-refractivity contribution in [3.05, 3.63) is 24.3 Å². The number of carbonyl (C=O) groups excluding carboxylic acids is 2. The van der Waals surface area contributed by atoms with E-state index in [1.54, 1.807) is 0 Å². The van der Waals surface area contributed by atoms with Crippen molar-refractivity contribution < 1.29 is 9.59 Å². The number of anilines is 1. The van der Waals surface area contributed by atoms with Gasteiger partial charge in [-0.2, -0.15) is 0 Å². The third-order valence-corrected chi connectivity index (χ3v) is 4.06. The first-order chi connectivity index (χ1) is 8.58. The molecule has 1 aromatic carbocycles. The van der Waals surface area contributed by atoms with Crippen LogP contribution in [0.25, 0.3) is 0 Å². The maximum absolute atomic E-state index is 11.9. The van der Waals surface area contributed by atoms with Gasteiger partial charge in [-0.1, -0.05) is 19.1 Å². The van der Waals surface area contributed by atoms with Crippen LogP contribution in [-0.4, -0.2) is 17.6 Å². The number of nitrogens with two attached hydrogens (primary N) is 1. The van der Waals surface area contributed by atoms with Crippen LogP contribution in [0.5, 0.6) is 0 Å². The predicted octanol–water partition coefficient (Wildman–Crippen LogP) is 1.86. The molecule has 0 aliphatic heterocycles. The van der Waals surface area contributed by atoms with Crippen LogP contribution in [0.3, 0.4) is 0 Å². The number of thioether (sulfide) groups is 1. The quantitative estimate of drug-likeness (QED) is 0.797. The molecule has 1 fully saturated rings. The van der Waals surface area contributed by atoms with Crippen LogP contribution in [0.2, 0.25) is 0 Å². The topological polar surface area (TPSA) is 72.2 Å². The van der Waals surface area contributed by atoms with Gasteiger partial charge in [0.2, 0.25) is 11.8 Å². The van der Waals surface area contributed by atoms with Crippen molar-refractivity contribution in [2.24, 2.45) is 17.6 Å². The molecule has 96 valence electrons. The molecule has 0 heterocycles. The zero-order valence-corrected chi connectivity index (χ0v) is 11.0. The van der Waals surface area contributed by atoms with Gasteiger partial charge in [0.05, 0.1) is 11.4 Å². The van der Waals surface area contributed by atoms with Crippen molar-refractivity contribution >= 4 is 29.3 Å². The lowest BCUT2D eigenvalue weighted by molar-refractivity contribution is -0.117. The molecule has 0 radical (unpaired) electrons. The highest BCUT2D eigenvalue weighted by Gasteiger charge is 2.39. The molecule has 2 rings (SSSR count). The lowest BCUT2D eigenvalue weighted by Crippen LogP contribution is -2.16. The van der Waals surface area contributed by atoms with Crippen LogP contribution in [0.1, 0.15) is 13.3 Å². The molecule has 2 amide bonds. The number of para-hydroxylation sites is 1. The maximum Gasteiger partial charge on any atom is 0.227 e. The molecule has 0 spiro atoms. The van der Waals surface area contributed by atoms with Gasteiger partial charge in [-0.15, -0.1) is 11.8 Å². The van der Waals surface area contributed by atoms with E-state index in [0.29, 0.717) is 5.92 Å². The number of hydrogen-bond acceptors (Lipinski definition) is 3. The molecule has 4 nitrogen and oxygen atoms in total. The van der Waals surface area contributed by atoms with Crippen molar-refractivity contribution in [2.45, 2.75) is 18.2 Å². The van der Waals surface area contributed by atoms with Crippen LogP contribution in [0.15, 0.2) is 29.2 Å². The van der Waals surface area contributed by atoms with E-state index in [2.05, 4.69) is 12.2 Å². The zero-order valence-electron chi connectivity index (χ0n) is 10.2. The molecule has 0 bridgehead atoms. The number of amides is 2. The molecule has 0 saturated heterocycles. The van der Waals surface area contributed by atoms with E-state index < -0.39 is 0 Å². The standard InChI is InChI=1S/C13H16N2O2S/c1-8-6-9(8)13(17)15-10-4-2-3-5-11(10)18-7-12(14)16/h2-5,8-9H,6-7H2,1H3,(H2,14,16)(H,15,17). The lowest BCUT2D eigenvalue weighted by Gasteiger charge is -2.09. The Morgan fingerprint density at radius 2 is 2.11 bits per heavy atom. The second-order valence-corrected chi connectivity index (χ2v) is 5.58. The van der Waals surface area contributed by atoms with Gasteiger partial charge >= 0.3 is 0 Å². The number of primary amides is 1. The van der Waals surface area contributed by atoms with Gasteiger partial charge in [-0.25, -0.2) is 0 Å². The van der Waals surface area contributed by atoms with Crippen molar-refractivity contribution in [3.63, 3.8) is 0 Å². The fourth-order valence-electron chi connectivity index (χ4n) is 1.76. The summed E-state index contributed by atoms with van der Waals surface area (Å²) in [5.74, 6) is 0.536. The molecule has 1 aromatic rings. The largest absolute Gasteiger partial charge is 0.369 e. The zero-order chi connectivity index (χ0) is 13.1. The number of rotatable bonds is 5. The van der Waals surface area contributed by atoms with Crippen molar-refractivity contribution in [3.8, 4) is 0 Å². The molecule has 18 heavy (non-hydrogen) atoms. The SMILES string of the molecule is CC1CC1C(=O)Nc1ccccc1SCC(N)=O. The molecule has 1 aliphatic carbocycles. The minimum Gasteiger partial charge on any atom is -0.369 e. The Bertz CT molecular complexity index is 476. The van der Waals surface area contributed by atoms with E-state index in [0.717, 1.165) is 17.0 Å². The second kappa shape index (κ2) is 5.44. The van der Waals surface area contributed by atoms with Crippen molar-refractivity contribution in [1.29, 1.82) is 0 Å². The van der Waals surface area contributed by atoms with E-state index in [1.165, 1.54) is 11.8 Å². The van der Waals surface area contributed by atoms with E-state index in [-0.39, 0.29) is 23.5 Å². The first-order valence-corrected chi connectivity index (χ1v) is 6.87. The van der Waals surface area contributed by atoms with Gasteiger partial charge in [0.15, 0.2) is 0 Å². The smallest absolute Gasteiger partial charge is 0.227 e. The Labute approximate surface area is 110 Å². The highest BCUT2D eigenvalue weighted by Crippen LogP contribution is 2.39. The summed E-state index contributed by atoms with van der Waals surface area (Å²) in [5.41, 5.74) is 5.88. The second-order valence-electron chi connectivity index (χ2n) is 4.56. The van der Waals surface area contributed by atoms with E-state index in [1.807, 2.05) is 24.3 Å². The number of nitrogens with one attached hydrogen (secondary N) is 1. The van der Waals surface area contributed by atoms with Crippen LogP contribution in [0, 0.1) is 11.8 Å². The third kappa shape index (κ3) is 3.26. The van der Waals surface area contributed by atoms with Crippen LogP contribution >= 0.6 is 11.8 Å². The van der Waals surface area contributed by atoms with Gasteiger partial charge in [-0.3, -0.25) is 9.59 Å². The minimum absolute atomic E-state index is 0.0645. The fourth-order valence-corrected chi connectivity index (χ4v) is 2.50. The first kappa shape index (κ1) is 13.0. The van der Waals surface area contributed by atoms with E-state index in [4.69, 9.17) is 5.73 Å². The highest BCUT2D eigenvalue weighted by atomic mass is 32.2. The Balaban J connectivity index is 2.02. The van der Waals surface area contributed by atoms with Gasteiger partial charge < -0.3 is 11.1 Å². The normalized spacial score (nSPS) is 21.4. The molecule has 1 aliphatic rings. The van der Waals surface area contributed by atoms with Gasteiger partial charge in [0.25, 0.3) is 0 Å². The fraction of sp³-hybridized carbons (Fsp3) is 0.385. The molecule has 5 heteroatoms. The number of hydrogen-bond donors (Lipinski definition) is 2. The van der Waals surface area contributed by atoms with Gasteiger partial charge in [0, 0.05) is 10.8 Å². The molecule has 2 atom stereocenters. The number of benzene rings is 1. The van der Waals surface area contributed by atoms with Crippen LogP contribution in [0.4, 0.5) is 5.69 Å². The monoisotopic (exact) mass is 264 g/mol. The lowest BCUT2D eigenvalue weighted by atomic mass is 10.3. The summed E-state index contributed by atoms with van der Waals surface area (Å²) < 4.78 is 0. The van der Waals surface area contributed by atoms with Gasteiger partial charge in [0.1, 0.15) is 0 Å². The van der Waals surface area contributed by atoms with Crippen LogP contribution < -0.4 is 11.1 Å². The van der Waals surface area contributed by atoms with Crippen molar-refractivity contribution in [1.82, 2.24) is 0 Å². The molecule has 2 unspecified atom stereocenters. The summed E-state index contributed by atoms with van der Waals surface area (Å²) in [5, 5.41) is 2.91. The average Bonchev–Trinajstić information content (AvgIpc) is 3.05. The molecule has 1 saturated carbocycles. The van der Waals surface area contributed by atoms with E-state index >= 15 is 0 Å². The minimum atomic E-state index is -0.364. The summed E-state index contributed by atoms with van der Waals surface area (Å²) in [6.07, 6.45) is 0.961. The molecular weight excluding hydrogens is 248 g/mol. The summed E-state index contributed by atoms with van der Waals surface area (Å²) in [6, 6.07) is 7.45. The third-order valence-electron chi connectivity index (χ3n) is 2.96. The highest BCUT2D eigenvalue weighted by molar-refractivity contribution is 8.00. The Hall–Kier alpha value is -1.49. The summed E-state index contributed by atoms with van der Waals surface area (Å²) in [6.45, 7) is 2.07. The first-order valence-electron chi connectivity index (χ1n) is 5.89. The predicted molar refractivity (Wildman–Crippen MR) is 72.3 cm³/mol. The summed E-state index contributed by atoms with van der Waals surface area (Å²) in [4.78, 5) is 23.5. The maximum atomic E-state index is 11.9. The molecule has 3 N–H and O–H groups in total. The summed E-state index contributed by atoms with van der Waals surface area (Å²) >= 11 is 1.34. The number of carbonyl (C=O) groups is 2. The molecular formula is C13H16N2O2S. The average molecular weight is 264 g/mol. The Morgan fingerprint density at radius 3 is 2.72 bits per heavy atom. The molecule has 0 aromatic heterocycles. The van der Waals surface area contributed by atoms with Gasteiger partial charge in [-0.05, 0) is 24.5 Å². The Kier molecular flexibility index (Phi) is 3.91. The van der Waals surface area contributed by atoms with Crippen LogP contribution in [-0.2, 0) is 9.59 Å².